The average molecular weight is 194 g/mol. The number of halogens is 1. The van der Waals surface area contributed by atoms with Gasteiger partial charge in [0.2, 0.25) is 0 Å². The van der Waals surface area contributed by atoms with Crippen LogP contribution >= 0.6 is 11.6 Å². The van der Waals surface area contributed by atoms with Crippen molar-refractivity contribution in [2.45, 2.75) is 0 Å². The fourth-order valence-corrected chi connectivity index (χ4v) is 1.25. The van der Waals surface area contributed by atoms with Crippen molar-refractivity contribution in [2.24, 2.45) is 0 Å². The van der Waals surface area contributed by atoms with Crippen LogP contribution in [-0.2, 0) is 0 Å². The van der Waals surface area contributed by atoms with Gasteiger partial charge in [0.1, 0.15) is 0 Å². The number of aromatic nitrogens is 2. The summed E-state index contributed by atoms with van der Waals surface area (Å²) < 4.78 is 0. The fourth-order valence-electron chi connectivity index (χ4n) is 1.13. The van der Waals surface area contributed by atoms with Gasteiger partial charge in [0, 0.05) is 11.8 Å². The number of anilines is 1. The molecule has 0 aliphatic carbocycles. The van der Waals surface area contributed by atoms with Crippen LogP contribution < -0.4 is 5.73 Å². The molecule has 0 spiro atoms. The summed E-state index contributed by atoms with van der Waals surface area (Å²) in [5, 5.41) is 7.28. The second-order valence-corrected chi connectivity index (χ2v) is 3.11. The van der Waals surface area contributed by atoms with Gasteiger partial charge in [0.05, 0.1) is 16.4 Å². The van der Waals surface area contributed by atoms with E-state index in [2.05, 4.69) is 10.2 Å². The molecule has 1 aromatic heterocycles. The molecule has 0 aliphatic rings. The van der Waals surface area contributed by atoms with Gasteiger partial charge in [-0.25, -0.2) is 0 Å². The molecule has 0 saturated heterocycles. The molecule has 4 heteroatoms. The molecule has 0 fully saturated rings. The van der Waals surface area contributed by atoms with Crippen LogP contribution in [-0.4, -0.2) is 10.2 Å². The van der Waals surface area contributed by atoms with Crippen LogP contribution in [0.25, 0.3) is 11.3 Å². The molecule has 0 bridgehead atoms. The van der Waals surface area contributed by atoms with E-state index in [9.17, 15) is 0 Å². The highest BCUT2D eigenvalue weighted by Gasteiger charge is 2.01. The third-order valence-electron chi connectivity index (χ3n) is 1.81. The topological polar surface area (TPSA) is 54.7 Å². The van der Waals surface area contributed by atoms with Crippen molar-refractivity contribution in [2.75, 3.05) is 5.73 Å². The highest BCUT2D eigenvalue weighted by Crippen LogP contribution is 2.24. The van der Waals surface area contributed by atoms with Crippen molar-refractivity contribution in [1.82, 2.24) is 10.2 Å². The summed E-state index contributed by atoms with van der Waals surface area (Å²) in [4.78, 5) is 0. The predicted octanol–water partition coefficient (Wildman–Crippen LogP) is 2.31. The number of benzene rings is 1. The van der Waals surface area contributed by atoms with Crippen LogP contribution in [0.2, 0.25) is 5.02 Å². The van der Waals surface area contributed by atoms with Crippen molar-refractivity contribution in [1.29, 1.82) is 0 Å². The Balaban J connectivity index is 2.49. The Hall–Kier alpha value is -1.48. The highest BCUT2D eigenvalue weighted by atomic mass is 35.5. The van der Waals surface area contributed by atoms with Gasteiger partial charge in [-0.05, 0) is 18.2 Å². The van der Waals surface area contributed by atoms with Gasteiger partial charge >= 0.3 is 0 Å². The number of nitrogens with two attached hydrogens (primary N) is 1. The van der Waals surface area contributed by atoms with Crippen molar-refractivity contribution in [3.63, 3.8) is 0 Å². The van der Waals surface area contributed by atoms with E-state index in [1.165, 1.54) is 0 Å². The first-order chi connectivity index (χ1) is 6.27. The second-order valence-electron chi connectivity index (χ2n) is 2.71. The first kappa shape index (κ1) is 8.13. The molecule has 0 unspecified atom stereocenters. The van der Waals surface area contributed by atoms with Crippen LogP contribution in [0.5, 0.6) is 0 Å². The number of H-pyrrole nitrogens is 1. The fraction of sp³-hybridized carbons (Fsp3) is 0. The van der Waals surface area contributed by atoms with E-state index in [1.54, 1.807) is 12.3 Å². The molecule has 2 rings (SSSR count). The molecule has 3 nitrogen and oxygen atoms in total. The largest absolute Gasteiger partial charge is 0.398 e. The molecule has 13 heavy (non-hydrogen) atoms. The van der Waals surface area contributed by atoms with Crippen LogP contribution in [0.4, 0.5) is 5.69 Å². The molecule has 0 atom stereocenters. The number of nitrogens with one attached hydrogen (secondary N) is 1. The van der Waals surface area contributed by atoms with Crippen molar-refractivity contribution < 1.29 is 0 Å². The van der Waals surface area contributed by atoms with Crippen molar-refractivity contribution in [3.05, 3.63) is 35.5 Å². The maximum Gasteiger partial charge on any atom is 0.0650 e. The molecule has 1 aromatic carbocycles. The Kier molecular flexibility index (Phi) is 1.94. The standard InChI is InChI=1S/C9H8ClN3/c10-7-2-1-6(5-8(7)11)9-3-4-12-13-9/h1-5H,11H2,(H,12,13). The Labute approximate surface area is 80.5 Å². The molecule has 66 valence electrons. The zero-order valence-corrected chi connectivity index (χ0v) is 7.55. The summed E-state index contributed by atoms with van der Waals surface area (Å²) in [5.41, 5.74) is 8.16. The average Bonchev–Trinajstić information content (AvgIpc) is 2.62. The van der Waals surface area contributed by atoms with Crippen molar-refractivity contribution >= 4 is 17.3 Å². The van der Waals surface area contributed by atoms with E-state index in [-0.39, 0.29) is 0 Å². The monoisotopic (exact) mass is 193 g/mol. The van der Waals surface area contributed by atoms with Crippen LogP contribution in [0, 0.1) is 0 Å². The minimum absolute atomic E-state index is 0.572. The minimum Gasteiger partial charge on any atom is -0.398 e. The Morgan fingerprint density at radius 3 is 2.77 bits per heavy atom. The first-order valence-corrected chi connectivity index (χ1v) is 4.20. The molecular weight excluding hydrogens is 186 g/mol. The molecule has 1 heterocycles. The molecule has 0 radical (unpaired) electrons. The molecule has 0 aliphatic heterocycles. The molecule has 3 N–H and O–H groups in total. The van der Waals surface area contributed by atoms with Gasteiger partial charge in [-0.2, -0.15) is 5.10 Å². The van der Waals surface area contributed by atoms with Crippen LogP contribution in [0.15, 0.2) is 30.5 Å². The van der Waals surface area contributed by atoms with E-state index in [4.69, 9.17) is 17.3 Å². The minimum atomic E-state index is 0.572. The lowest BCUT2D eigenvalue weighted by Crippen LogP contribution is -1.87. The lowest BCUT2D eigenvalue weighted by molar-refractivity contribution is 1.10. The maximum atomic E-state index is 5.79. The van der Waals surface area contributed by atoms with Gasteiger partial charge in [-0.1, -0.05) is 17.7 Å². The summed E-state index contributed by atoms with van der Waals surface area (Å²) >= 11 is 5.79. The number of nitrogens with zero attached hydrogens (tertiary/aromatic N) is 1. The molecule has 0 amide bonds. The van der Waals surface area contributed by atoms with Gasteiger partial charge in [-0.3, -0.25) is 5.10 Å². The van der Waals surface area contributed by atoms with Crippen LogP contribution in [0.1, 0.15) is 0 Å². The van der Waals surface area contributed by atoms with E-state index >= 15 is 0 Å². The van der Waals surface area contributed by atoms with E-state index < -0.39 is 0 Å². The number of hydrogen-bond donors (Lipinski definition) is 2. The quantitative estimate of drug-likeness (QED) is 0.683. The normalized spacial score (nSPS) is 10.2. The summed E-state index contributed by atoms with van der Waals surface area (Å²) in [6.45, 7) is 0. The second kappa shape index (κ2) is 3.11. The van der Waals surface area contributed by atoms with Crippen LogP contribution in [0.3, 0.4) is 0 Å². The smallest absolute Gasteiger partial charge is 0.0650 e. The van der Waals surface area contributed by atoms with E-state index in [1.807, 2.05) is 18.2 Å². The Morgan fingerprint density at radius 2 is 2.15 bits per heavy atom. The van der Waals surface area contributed by atoms with E-state index in [0.717, 1.165) is 11.3 Å². The third kappa shape index (κ3) is 1.51. The summed E-state index contributed by atoms with van der Waals surface area (Å²) in [5.74, 6) is 0. The summed E-state index contributed by atoms with van der Waals surface area (Å²) in [6, 6.07) is 7.36. The molecule has 0 saturated carbocycles. The lowest BCUT2D eigenvalue weighted by atomic mass is 10.1. The number of nitrogen functional groups attached to an aromatic ring is 1. The first-order valence-electron chi connectivity index (χ1n) is 3.82. The summed E-state index contributed by atoms with van der Waals surface area (Å²) in [6.07, 6.45) is 1.69. The van der Waals surface area contributed by atoms with Gasteiger partial charge in [0.25, 0.3) is 0 Å². The maximum absolute atomic E-state index is 5.79. The highest BCUT2D eigenvalue weighted by molar-refractivity contribution is 6.33. The summed E-state index contributed by atoms with van der Waals surface area (Å²) in [7, 11) is 0. The number of aromatic amines is 1. The third-order valence-corrected chi connectivity index (χ3v) is 2.15. The van der Waals surface area contributed by atoms with E-state index in [0.29, 0.717) is 10.7 Å². The zero-order valence-electron chi connectivity index (χ0n) is 6.79. The lowest BCUT2D eigenvalue weighted by Gasteiger charge is -2.00. The van der Waals surface area contributed by atoms with Gasteiger partial charge in [0.15, 0.2) is 0 Å². The SMILES string of the molecule is Nc1cc(-c2ccn[nH]2)ccc1Cl. The molecular formula is C9H8ClN3. The predicted molar refractivity (Wildman–Crippen MR) is 53.4 cm³/mol. The number of rotatable bonds is 1. The Morgan fingerprint density at radius 1 is 1.31 bits per heavy atom. The Bertz CT molecular complexity index is 409. The number of hydrogen-bond acceptors (Lipinski definition) is 2. The molecule has 2 aromatic rings. The van der Waals surface area contributed by atoms with Gasteiger partial charge in [-0.15, -0.1) is 0 Å². The zero-order chi connectivity index (χ0) is 9.26. The van der Waals surface area contributed by atoms with Crippen molar-refractivity contribution in [3.8, 4) is 11.3 Å². The van der Waals surface area contributed by atoms with Gasteiger partial charge < -0.3 is 5.73 Å².